The maximum atomic E-state index is 13.0. The Bertz CT molecular complexity index is 1730. The minimum Gasteiger partial charge on any atom is -0.489 e. The molecule has 0 radical (unpaired) electrons. The number of ether oxygens (including phenoxy) is 1. The van der Waals surface area contributed by atoms with Crippen LogP contribution in [0.5, 0.6) is 5.75 Å². The zero-order valence-corrected chi connectivity index (χ0v) is 26.8. The molecule has 1 fully saturated rings. The number of nitro groups is 1. The summed E-state index contributed by atoms with van der Waals surface area (Å²) < 4.78 is 33.8. The van der Waals surface area contributed by atoms with Gasteiger partial charge in [0.2, 0.25) is 0 Å². The van der Waals surface area contributed by atoms with Crippen molar-refractivity contribution in [3.8, 4) is 16.9 Å². The lowest BCUT2D eigenvalue weighted by Crippen LogP contribution is -2.44. The molecule has 0 aliphatic heterocycles. The molecule has 0 spiro atoms. The van der Waals surface area contributed by atoms with Gasteiger partial charge in [-0.3, -0.25) is 14.9 Å². The van der Waals surface area contributed by atoms with Crippen LogP contribution in [0.15, 0.2) is 102 Å². The van der Waals surface area contributed by atoms with Gasteiger partial charge < -0.3 is 15.8 Å². The molecule has 0 heterocycles. The van der Waals surface area contributed by atoms with Crippen molar-refractivity contribution in [3.63, 3.8) is 0 Å². The average molecular weight is 665 g/mol. The number of hydrogen-bond donors (Lipinski definition) is 3. The Morgan fingerprint density at radius 1 is 0.891 bits per heavy atom. The minimum atomic E-state index is -4.39. The molecule has 4 aromatic carbocycles. The largest absolute Gasteiger partial charge is 0.489 e. The van der Waals surface area contributed by atoms with Crippen molar-refractivity contribution < 1.29 is 22.9 Å². The molecule has 1 amide bonds. The molecule has 1 saturated carbocycles. The Kier molecular flexibility index (Phi) is 11.8. The quantitative estimate of drug-likeness (QED) is 0.116. The molecule has 1 atom stereocenters. The van der Waals surface area contributed by atoms with E-state index in [1.165, 1.54) is 12.1 Å². The van der Waals surface area contributed by atoms with Crippen molar-refractivity contribution >= 4 is 39.7 Å². The van der Waals surface area contributed by atoms with Crippen LogP contribution in [0.4, 0.5) is 11.4 Å². The first-order chi connectivity index (χ1) is 21.7. The lowest BCUT2D eigenvalue weighted by molar-refractivity contribution is -0.384. The summed E-state index contributed by atoms with van der Waals surface area (Å²) in [7, 11) is -4.39. The van der Waals surface area contributed by atoms with Crippen LogP contribution >= 0.6 is 12.4 Å². The summed E-state index contributed by atoms with van der Waals surface area (Å²) in [5.41, 5.74) is 9.92. The predicted octanol–water partition coefficient (Wildman–Crippen LogP) is 6.38. The van der Waals surface area contributed by atoms with Gasteiger partial charge >= 0.3 is 0 Å². The minimum absolute atomic E-state index is 0. The molecule has 12 heteroatoms. The summed E-state index contributed by atoms with van der Waals surface area (Å²) in [6.07, 6.45) is 5.06. The number of carbonyl (C=O) groups is 1. The fourth-order valence-electron chi connectivity index (χ4n) is 5.34. The molecule has 46 heavy (non-hydrogen) atoms. The Hall–Kier alpha value is -4.45. The molecule has 242 valence electrons. The second-order valence-electron chi connectivity index (χ2n) is 11.2. The van der Waals surface area contributed by atoms with E-state index in [2.05, 4.69) is 29.6 Å². The van der Waals surface area contributed by atoms with Gasteiger partial charge in [-0.2, -0.15) is 0 Å². The van der Waals surface area contributed by atoms with E-state index < -0.39 is 26.9 Å². The van der Waals surface area contributed by atoms with Crippen molar-refractivity contribution in [2.75, 3.05) is 5.32 Å². The smallest absolute Gasteiger partial charge is 0.293 e. The highest BCUT2D eigenvalue weighted by Gasteiger charge is 2.26. The summed E-state index contributed by atoms with van der Waals surface area (Å²) in [4.78, 5) is 23.4. The molecule has 0 saturated heterocycles. The Morgan fingerprint density at radius 2 is 1.52 bits per heavy atom. The third-order valence-corrected chi connectivity index (χ3v) is 9.20. The Labute approximate surface area is 275 Å². The first-order valence-corrected chi connectivity index (χ1v) is 16.4. The number of nitrogens with zero attached hydrogens (tertiary/aromatic N) is 1. The van der Waals surface area contributed by atoms with Crippen LogP contribution < -0.4 is 20.5 Å². The maximum absolute atomic E-state index is 13.0. The summed E-state index contributed by atoms with van der Waals surface area (Å²) >= 11 is 0. The highest BCUT2D eigenvalue weighted by Crippen LogP contribution is 2.31. The lowest BCUT2D eigenvalue weighted by atomic mass is 9.95. The number of benzene rings is 4. The number of sulfonamides is 1. The van der Waals surface area contributed by atoms with Crippen LogP contribution in [-0.2, 0) is 27.8 Å². The lowest BCUT2D eigenvalue weighted by Gasteiger charge is -2.23. The van der Waals surface area contributed by atoms with E-state index in [0.717, 1.165) is 54.9 Å². The SMILES string of the molecule is Cl.N[C@@H](Cc1ccc(OCc2ccc(-c3ccccc3)cc2)cc1)C(=O)NS(=O)(=O)c1ccc(NC2CCCCC2)c([N+](=O)[O-])c1. The number of anilines is 1. The first kappa shape index (κ1) is 34.4. The molecule has 4 aromatic rings. The molecule has 0 unspecified atom stereocenters. The number of carbonyl (C=O) groups excluding carboxylic acids is 1. The van der Waals surface area contributed by atoms with Crippen molar-refractivity contribution in [1.82, 2.24) is 4.72 Å². The fraction of sp³-hybridized carbons (Fsp3) is 0.265. The predicted molar refractivity (Wildman–Crippen MR) is 180 cm³/mol. The highest BCUT2D eigenvalue weighted by molar-refractivity contribution is 7.90. The molecule has 5 rings (SSSR count). The van der Waals surface area contributed by atoms with Gasteiger partial charge in [-0.05, 0) is 65.8 Å². The molecule has 0 aromatic heterocycles. The zero-order valence-electron chi connectivity index (χ0n) is 25.1. The number of nitro benzene ring substituents is 1. The van der Waals surface area contributed by atoms with Crippen LogP contribution in [0, 0.1) is 10.1 Å². The van der Waals surface area contributed by atoms with Crippen LogP contribution in [-0.4, -0.2) is 31.3 Å². The average Bonchev–Trinajstić information content (AvgIpc) is 3.05. The summed E-state index contributed by atoms with van der Waals surface area (Å²) in [5.74, 6) is -0.282. The molecular formula is C34H37ClN4O6S. The second kappa shape index (κ2) is 15.7. The number of halogens is 1. The number of amides is 1. The maximum Gasteiger partial charge on any atom is 0.293 e. The third kappa shape index (κ3) is 9.06. The van der Waals surface area contributed by atoms with E-state index >= 15 is 0 Å². The molecule has 0 bridgehead atoms. The van der Waals surface area contributed by atoms with E-state index in [0.29, 0.717) is 17.9 Å². The van der Waals surface area contributed by atoms with Crippen LogP contribution in [0.1, 0.15) is 43.2 Å². The molecule has 4 N–H and O–H groups in total. The van der Waals surface area contributed by atoms with Crippen molar-refractivity contribution in [2.24, 2.45) is 5.73 Å². The zero-order chi connectivity index (χ0) is 31.8. The van der Waals surface area contributed by atoms with Gasteiger partial charge in [0, 0.05) is 12.1 Å². The molecule has 1 aliphatic rings. The first-order valence-electron chi connectivity index (χ1n) is 14.9. The van der Waals surface area contributed by atoms with Gasteiger partial charge in [-0.15, -0.1) is 12.4 Å². The second-order valence-corrected chi connectivity index (χ2v) is 12.9. The molecule has 10 nitrogen and oxygen atoms in total. The highest BCUT2D eigenvalue weighted by atomic mass is 35.5. The van der Waals surface area contributed by atoms with Gasteiger partial charge in [-0.1, -0.05) is 86.0 Å². The standard InChI is InChI=1S/C34H36N4O6S.ClH/c35-31(21-24-13-17-29(18-14-24)44-23-25-11-15-27(16-12-25)26-7-3-1-4-8-26)34(39)37-45(42,43)30-19-20-32(33(22-30)38(40)41)36-28-9-5-2-6-10-28;/h1,3-4,7-8,11-20,22,28,31,36H,2,5-6,9-10,21,23,35H2,(H,37,39);1H/t31-;/m0./s1. The number of rotatable bonds is 12. The van der Waals surface area contributed by atoms with Crippen molar-refractivity contribution in [3.05, 3.63) is 118 Å². The van der Waals surface area contributed by atoms with E-state index in [9.17, 15) is 23.3 Å². The number of hydrogen-bond acceptors (Lipinski definition) is 8. The van der Waals surface area contributed by atoms with Gasteiger partial charge in [0.1, 0.15) is 18.0 Å². The number of nitrogens with one attached hydrogen (secondary N) is 2. The molecule has 1 aliphatic carbocycles. The van der Waals surface area contributed by atoms with Gasteiger partial charge in [0.25, 0.3) is 21.6 Å². The summed E-state index contributed by atoms with van der Waals surface area (Å²) in [5, 5.41) is 14.9. The van der Waals surface area contributed by atoms with Gasteiger partial charge in [-0.25, -0.2) is 13.1 Å². The topological polar surface area (TPSA) is 154 Å². The summed E-state index contributed by atoms with van der Waals surface area (Å²) in [6, 6.07) is 27.8. The van der Waals surface area contributed by atoms with E-state index in [4.69, 9.17) is 10.5 Å². The van der Waals surface area contributed by atoms with Crippen molar-refractivity contribution in [1.29, 1.82) is 0 Å². The van der Waals surface area contributed by atoms with E-state index in [-0.39, 0.29) is 41.1 Å². The third-order valence-electron chi connectivity index (χ3n) is 7.86. The number of nitrogens with two attached hydrogens (primary N) is 1. The Morgan fingerprint density at radius 3 is 2.17 bits per heavy atom. The van der Waals surface area contributed by atoms with Crippen molar-refractivity contribution in [2.45, 2.75) is 62.1 Å². The van der Waals surface area contributed by atoms with E-state index in [1.54, 1.807) is 24.3 Å². The van der Waals surface area contributed by atoms with E-state index in [1.807, 2.05) is 35.1 Å². The summed E-state index contributed by atoms with van der Waals surface area (Å²) in [6.45, 7) is 0.379. The van der Waals surface area contributed by atoms with Crippen LogP contribution in [0.3, 0.4) is 0 Å². The fourth-order valence-corrected chi connectivity index (χ4v) is 6.39. The monoisotopic (exact) mass is 664 g/mol. The Balaban J connectivity index is 0.00000480. The molecular weight excluding hydrogens is 628 g/mol. The van der Waals surface area contributed by atoms with Gasteiger partial charge in [0.05, 0.1) is 15.9 Å². The normalized spacial score (nSPS) is 14.0. The van der Waals surface area contributed by atoms with Gasteiger partial charge in [0.15, 0.2) is 0 Å². The van der Waals surface area contributed by atoms with Crippen LogP contribution in [0.2, 0.25) is 0 Å². The van der Waals surface area contributed by atoms with Crippen LogP contribution in [0.25, 0.3) is 11.1 Å².